The zero-order valence-electron chi connectivity index (χ0n) is 10.1. The van der Waals surface area contributed by atoms with E-state index in [0.717, 1.165) is 5.33 Å². The molecule has 0 heterocycles. The Morgan fingerprint density at radius 1 is 1.38 bits per heavy atom. The summed E-state index contributed by atoms with van der Waals surface area (Å²) < 4.78 is 1.18. The maximum absolute atomic E-state index is 3.61. The highest BCUT2D eigenvalue weighted by atomic mass is 79.9. The molecule has 90 valence electrons. The summed E-state index contributed by atoms with van der Waals surface area (Å²) in [4.78, 5) is 2.34. The predicted octanol–water partition coefficient (Wildman–Crippen LogP) is 4.97. The van der Waals surface area contributed by atoms with Gasteiger partial charge in [-0.3, -0.25) is 0 Å². The quantitative estimate of drug-likeness (QED) is 0.679. The molecule has 0 amide bonds. The summed E-state index contributed by atoms with van der Waals surface area (Å²) in [6, 6.07) is 7.14. The summed E-state index contributed by atoms with van der Waals surface area (Å²) in [5.41, 5.74) is 2.57. The van der Waals surface area contributed by atoms with Gasteiger partial charge in [-0.15, -0.1) is 0 Å². The van der Waals surface area contributed by atoms with Crippen LogP contribution in [0.4, 0.5) is 5.69 Å². The van der Waals surface area contributed by atoms with Crippen molar-refractivity contribution < 1.29 is 0 Å². The molecule has 0 spiro atoms. The molecule has 0 aliphatic rings. The minimum atomic E-state index is 0.590. The van der Waals surface area contributed by atoms with Gasteiger partial charge in [-0.1, -0.05) is 51.3 Å². The van der Waals surface area contributed by atoms with Gasteiger partial charge >= 0.3 is 0 Å². The molecule has 3 heteroatoms. The zero-order chi connectivity index (χ0) is 12.1. The van der Waals surface area contributed by atoms with Crippen LogP contribution < -0.4 is 4.90 Å². The average Bonchev–Trinajstić information content (AvgIpc) is 2.28. The van der Waals surface area contributed by atoms with Crippen LogP contribution in [0.25, 0.3) is 0 Å². The Kier molecular flexibility index (Phi) is 5.84. The van der Waals surface area contributed by atoms with E-state index in [0.29, 0.717) is 6.04 Å². The van der Waals surface area contributed by atoms with Gasteiger partial charge in [0.25, 0.3) is 0 Å². The molecule has 0 aromatic heterocycles. The van der Waals surface area contributed by atoms with Crippen LogP contribution in [0.2, 0.25) is 0 Å². The predicted molar refractivity (Wildman–Crippen MR) is 79.5 cm³/mol. The Hall–Kier alpha value is -0.0200. The van der Waals surface area contributed by atoms with Crippen molar-refractivity contribution in [2.45, 2.75) is 38.1 Å². The number of anilines is 1. The Labute approximate surface area is 115 Å². The van der Waals surface area contributed by atoms with Gasteiger partial charge in [0.2, 0.25) is 0 Å². The summed E-state index contributed by atoms with van der Waals surface area (Å²) in [5, 5.41) is 0.891. The summed E-state index contributed by atoms with van der Waals surface area (Å²) >= 11 is 7.09. The van der Waals surface area contributed by atoms with Crippen molar-refractivity contribution in [3.8, 4) is 0 Å². The zero-order valence-corrected chi connectivity index (χ0v) is 13.3. The van der Waals surface area contributed by atoms with Gasteiger partial charge in [0.05, 0.1) is 0 Å². The van der Waals surface area contributed by atoms with E-state index in [1.807, 2.05) is 0 Å². The van der Waals surface area contributed by atoms with Crippen LogP contribution in [0.1, 0.15) is 32.3 Å². The summed E-state index contributed by atoms with van der Waals surface area (Å²) in [6.07, 6.45) is 2.46. The van der Waals surface area contributed by atoms with Gasteiger partial charge in [-0.2, -0.15) is 0 Å². The van der Waals surface area contributed by atoms with E-state index in [9.17, 15) is 0 Å². The second kappa shape index (κ2) is 6.65. The van der Waals surface area contributed by atoms with Crippen LogP contribution in [0.15, 0.2) is 22.7 Å². The van der Waals surface area contributed by atoms with Gasteiger partial charge in [-0.05, 0) is 31.0 Å². The highest BCUT2D eigenvalue weighted by molar-refractivity contribution is 9.10. The van der Waals surface area contributed by atoms with Gasteiger partial charge in [0, 0.05) is 28.6 Å². The van der Waals surface area contributed by atoms with Gasteiger partial charge in [-0.25, -0.2) is 0 Å². The molecule has 1 unspecified atom stereocenters. The monoisotopic (exact) mass is 347 g/mol. The molecule has 0 aliphatic carbocycles. The summed E-state index contributed by atoms with van der Waals surface area (Å²) in [5.74, 6) is 0. The molecule has 16 heavy (non-hydrogen) atoms. The molecule has 1 aromatic rings. The normalized spacial score (nSPS) is 12.6. The lowest BCUT2D eigenvalue weighted by Gasteiger charge is -2.27. The van der Waals surface area contributed by atoms with Gasteiger partial charge < -0.3 is 4.90 Å². The largest absolute Gasteiger partial charge is 0.372 e. The van der Waals surface area contributed by atoms with E-state index in [2.05, 4.69) is 75.9 Å². The number of hydrogen-bond acceptors (Lipinski definition) is 1. The fourth-order valence-corrected chi connectivity index (χ4v) is 3.10. The summed E-state index contributed by atoms with van der Waals surface area (Å²) in [7, 11) is 2.16. The molecule has 0 bridgehead atoms. The molecule has 0 saturated carbocycles. The molecular formula is C13H19Br2N. The Balaban J connectivity index is 2.84. The van der Waals surface area contributed by atoms with Crippen LogP contribution in [0.5, 0.6) is 0 Å². The third-order valence-electron chi connectivity index (χ3n) is 2.96. The smallest absolute Gasteiger partial charge is 0.0377 e. The van der Waals surface area contributed by atoms with Crippen LogP contribution in [-0.2, 0) is 5.33 Å². The molecule has 0 radical (unpaired) electrons. The maximum atomic E-state index is 3.61. The molecule has 1 nitrogen and oxygen atoms in total. The standard InChI is InChI=1S/C13H19Br2N/c1-4-5-10(2)16(3)12-7-6-11(9-14)13(15)8-12/h6-8,10H,4-5,9H2,1-3H3. The highest BCUT2D eigenvalue weighted by Gasteiger charge is 2.10. The lowest BCUT2D eigenvalue weighted by molar-refractivity contribution is 0.616. The van der Waals surface area contributed by atoms with Crippen molar-refractivity contribution in [3.63, 3.8) is 0 Å². The lowest BCUT2D eigenvalue weighted by Crippen LogP contribution is -2.28. The number of halogens is 2. The summed E-state index contributed by atoms with van der Waals surface area (Å²) in [6.45, 7) is 4.50. The van der Waals surface area contributed by atoms with E-state index in [4.69, 9.17) is 0 Å². The second-order valence-corrected chi connectivity index (χ2v) is 5.57. The molecule has 0 aliphatic heterocycles. The number of rotatable bonds is 5. The first kappa shape index (κ1) is 14.0. The van der Waals surface area contributed by atoms with E-state index in [1.165, 1.54) is 28.6 Å². The van der Waals surface area contributed by atoms with Crippen molar-refractivity contribution in [2.75, 3.05) is 11.9 Å². The maximum Gasteiger partial charge on any atom is 0.0377 e. The van der Waals surface area contributed by atoms with Crippen molar-refractivity contribution in [2.24, 2.45) is 0 Å². The third kappa shape index (κ3) is 3.49. The van der Waals surface area contributed by atoms with Crippen LogP contribution >= 0.6 is 31.9 Å². The molecule has 1 rings (SSSR count). The number of benzene rings is 1. The van der Waals surface area contributed by atoms with E-state index in [-0.39, 0.29) is 0 Å². The number of alkyl halides is 1. The Bertz CT molecular complexity index is 339. The van der Waals surface area contributed by atoms with E-state index >= 15 is 0 Å². The lowest BCUT2D eigenvalue weighted by atomic mass is 10.1. The fraction of sp³-hybridized carbons (Fsp3) is 0.538. The first-order valence-electron chi connectivity index (χ1n) is 5.67. The van der Waals surface area contributed by atoms with Crippen LogP contribution in [-0.4, -0.2) is 13.1 Å². The van der Waals surface area contributed by atoms with Gasteiger partial charge in [0.1, 0.15) is 0 Å². The Morgan fingerprint density at radius 3 is 2.56 bits per heavy atom. The van der Waals surface area contributed by atoms with Gasteiger partial charge in [0.15, 0.2) is 0 Å². The van der Waals surface area contributed by atoms with Crippen LogP contribution in [0, 0.1) is 0 Å². The third-order valence-corrected chi connectivity index (χ3v) is 4.30. The minimum absolute atomic E-state index is 0.590. The highest BCUT2D eigenvalue weighted by Crippen LogP contribution is 2.26. The Morgan fingerprint density at radius 2 is 2.06 bits per heavy atom. The van der Waals surface area contributed by atoms with Crippen molar-refractivity contribution in [1.29, 1.82) is 0 Å². The molecule has 1 aromatic carbocycles. The average molecular weight is 349 g/mol. The first-order chi connectivity index (χ1) is 7.60. The molecule has 0 N–H and O–H groups in total. The SMILES string of the molecule is CCCC(C)N(C)c1ccc(CBr)c(Br)c1. The van der Waals surface area contributed by atoms with Crippen molar-refractivity contribution in [3.05, 3.63) is 28.2 Å². The fourth-order valence-electron chi connectivity index (χ4n) is 1.73. The topological polar surface area (TPSA) is 3.24 Å². The molecule has 0 fully saturated rings. The van der Waals surface area contributed by atoms with Crippen molar-refractivity contribution >= 4 is 37.5 Å². The number of hydrogen-bond donors (Lipinski definition) is 0. The van der Waals surface area contributed by atoms with Crippen LogP contribution in [0.3, 0.4) is 0 Å². The molecule has 0 saturated heterocycles. The molecule has 1 atom stereocenters. The first-order valence-corrected chi connectivity index (χ1v) is 7.58. The van der Waals surface area contributed by atoms with E-state index < -0.39 is 0 Å². The van der Waals surface area contributed by atoms with Crippen molar-refractivity contribution in [1.82, 2.24) is 0 Å². The molecular weight excluding hydrogens is 330 g/mol. The number of nitrogens with zero attached hydrogens (tertiary/aromatic N) is 1. The second-order valence-electron chi connectivity index (χ2n) is 4.16. The minimum Gasteiger partial charge on any atom is -0.372 e. The van der Waals surface area contributed by atoms with E-state index in [1.54, 1.807) is 0 Å².